The van der Waals surface area contributed by atoms with Crippen molar-refractivity contribution in [2.45, 2.75) is 45.6 Å². The SMILES string of the molecule is CC(C)c1ccc(N2C(=O)CC(CN)C2(C)C)cc1. The van der Waals surface area contributed by atoms with Crippen molar-refractivity contribution in [3.8, 4) is 0 Å². The number of hydrogen-bond donors (Lipinski definition) is 1. The lowest BCUT2D eigenvalue weighted by Gasteiger charge is -2.35. The van der Waals surface area contributed by atoms with Crippen LogP contribution in [0.4, 0.5) is 5.69 Å². The fourth-order valence-electron chi connectivity index (χ4n) is 2.91. The van der Waals surface area contributed by atoms with E-state index in [4.69, 9.17) is 5.73 Å². The summed E-state index contributed by atoms with van der Waals surface area (Å²) in [6.07, 6.45) is 0.551. The first kappa shape index (κ1) is 14.1. The van der Waals surface area contributed by atoms with E-state index in [1.54, 1.807) is 0 Å². The normalized spacial score (nSPS) is 22.3. The topological polar surface area (TPSA) is 46.3 Å². The van der Waals surface area contributed by atoms with Crippen LogP contribution in [0.5, 0.6) is 0 Å². The summed E-state index contributed by atoms with van der Waals surface area (Å²) >= 11 is 0. The van der Waals surface area contributed by atoms with Gasteiger partial charge in [0.25, 0.3) is 0 Å². The molecule has 0 bridgehead atoms. The van der Waals surface area contributed by atoms with Crippen molar-refractivity contribution in [3.05, 3.63) is 29.8 Å². The Bertz CT molecular complexity index is 462. The lowest BCUT2D eigenvalue weighted by atomic mass is 9.88. The van der Waals surface area contributed by atoms with Crippen LogP contribution in [0.3, 0.4) is 0 Å². The van der Waals surface area contributed by atoms with Gasteiger partial charge in [-0.05, 0) is 44.0 Å². The first-order valence-corrected chi connectivity index (χ1v) is 7.01. The predicted octanol–water partition coefficient (Wildman–Crippen LogP) is 2.90. The van der Waals surface area contributed by atoms with Gasteiger partial charge in [-0.3, -0.25) is 4.79 Å². The summed E-state index contributed by atoms with van der Waals surface area (Å²) in [6, 6.07) is 8.32. The second-order valence-corrected chi connectivity index (χ2v) is 6.27. The molecule has 0 saturated carbocycles. The third-order valence-corrected chi connectivity index (χ3v) is 4.35. The summed E-state index contributed by atoms with van der Waals surface area (Å²) in [6.45, 7) is 9.10. The third-order valence-electron chi connectivity index (χ3n) is 4.35. The van der Waals surface area contributed by atoms with Crippen molar-refractivity contribution in [2.24, 2.45) is 11.7 Å². The quantitative estimate of drug-likeness (QED) is 0.908. The summed E-state index contributed by atoms with van der Waals surface area (Å²) in [7, 11) is 0. The Morgan fingerprint density at radius 2 is 1.89 bits per heavy atom. The molecule has 3 nitrogen and oxygen atoms in total. The number of amides is 1. The molecule has 1 amide bonds. The van der Waals surface area contributed by atoms with Crippen LogP contribution in [0.2, 0.25) is 0 Å². The zero-order valence-corrected chi connectivity index (χ0v) is 12.3. The zero-order chi connectivity index (χ0) is 14.2. The van der Waals surface area contributed by atoms with E-state index >= 15 is 0 Å². The zero-order valence-electron chi connectivity index (χ0n) is 12.3. The molecule has 1 aliphatic heterocycles. The highest BCUT2D eigenvalue weighted by molar-refractivity contribution is 5.97. The second kappa shape index (κ2) is 4.97. The van der Waals surface area contributed by atoms with Crippen LogP contribution in [-0.2, 0) is 4.79 Å². The standard InChI is InChI=1S/C16H24N2O/c1-11(2)12-5-7-14(8-6-12)18-15(19)9-13(10-17)16(18,3)4/h5-8,11,13H,9-10,17H2,1-4H3. The van der Waals surface area contributed by atoms with Gasteiger partial charge in [-0.15, -0.1) is 0 Å². The van der Waals surface area contributed by atoms with Crippen LogP contribution in [0.25, 0.3) is 0 Å². The van der Waals surface area contributed by atoms with E-state index in [9.17, 15) is 4.79 Å². The highest BCUT2D eigenvalue weighted by Gasteiger charge is 2.45. The fourth-order valence-corrected chi connectivity index (χ4v) is 2.91. The molecule has 2 rings (SSSR count). The van der Waals surface area contributed by atoms with Gasteiger partial charge in [-0.1, -0.05) is 26.0 Å². The Balaban J connectivity index is 2.33. The minimum absolute atomic E-state index is 0.178. The Hall–Kier alpha value is -1.35. The number of hydrogen-bond acceptors (Lipinski definition) is 2. The number of anilines is 1. The number of nitrogens with two attached hydrogens (primary N) is 1. The van der Waals surface area contributed by atoms with Gasteiger partial charge in [0.05, 0.1) is 0 Å². The van der Waals surface area contributed by atoms with Crippen molar-refractivity contribution >= 4 is 11.6 Å². The Kier molecular flexibility index (Phi) is 3.68. The average Bonchev–Trinajstić information content (AvgIpc) is 2.59. The lowest BCUT2D eigenvalue weighted by molar-refractivity contribution is -0.117. The van der Waals surface area contributed by atoms with E-state index in [1.807, 2.05) is 17.0 Å². The maximum atomic E-state index is 12.2. The molecular weight excluding hydrogens is 236 g/mol. The summed E-state index contributed by atoms with van der Waals surface area (Å²) < 4.78 is 0. The number of nitrogens with zero attached hydrogens (tertiary/aromatic N) is 1. The Morgan fingerprint density at radius 1 is 1.32 bits per heavy atom. The molecule has 0 radical (unpaired) electrons. The second-order valence-electron chi connectivity index (χ2n) is 6.27. The van der Waals surface area contributed by atoms with Crippen molar-refractivity contribution in [3.63, 3.8) is 0 Å². The van der Waals surface area contributed by atoms with Crippen molar-refractivity contribution in [2.75, 3.05) is 11.4 Å². The molecule has 1 fully saturated rings. The smallest absolute Gasteiger partial charge is 0.227 e. The van der Waals surface area contributed by atoms with Gasteiger partial charge in [0.2, 0.25) is 5.91 Å². The van der Waals surface area contributed by atoms with Crippen molar-refractivity contribution in [1.29, 1.82) is 0 Å². The van der Waals surface area contributed by atoms with Gasteiger partial charge in [-0.25, -0.2) is 0 Å². The molecule has 3 heteroatoms. The summed E-state index contributed by atoms with van der Waals surface area (Å²) in [5.41, 5.74) is 7.87. The highest BCUT2D eigenvalue weighted by atomic mass is 16.2. The van der Waals surface area contributed by atoms with Crippen LogP contribution in [0.15, 0.2) is 24.3 Å². The maximum Gasteiger partial charge on any atom is 0.227 e. The van der Waals surface area contributed by atoms with Gasteiger partial charge in [0.15, 0.2) is 0 Å². The largest absolute Gasteiger partial charge is 0.330 e. The van der Waals surface area contributed by atoms with E-state index in [0.717, 1.165) is 5.69 Å². The minimum Gasteiger partial charge on any atom is -0.330 e. The average molecular weight is 260 g/mol. The van der Waals surface area contributed by atoms with Gasteiger partial charge < -0.3 is 10.6 Å². The summed E-state index contributed by atoms with van der Waals surface area (Å²) in [4.78, 5) is 14.2. The molecule has 1 aromatic carbocycles. The van der Waals surface area contributed by atoms with Crippen LogP contribution >= 0.6 is 0 Å². The van der Waals surface area contributed by atoms with E-state index in [-0.39, 0.29) is 17.4 Å². The lowest BCUT2D eigenvalue weighted by Crippen LogP contribution is -2.46. The molecule has 0 spiro atoms. The monoisotopic (exact) mass is 260 g/mol. The molecule has 1 unspecified atom stereocenters. The fraction of sp³-hybridized carbons (Fsp3) is 0.562. The molecule has 0 aliphatic carbocycles. The first-order valence-electron chi connectivity index (χ1n) is 7.01. The Morgan fingerprint density at radius 3 is 2.32 bits per heavy atom. The molecule has 19 heavy (non-hydrogen) atoms. The Labute approximate surface area is 115 Å². The number of benzene rings is 1. The van der Waals surface area contributed by atoms with Crippen LogP contribution < -0.4 is 10.6 Å². The van der Waals surface area contributed by atoms with Gasteiger partial charge >= 0.3 is 0 Å². The molecule has 104 valence electrons. The predicted molar refractivity (Wildman–Crippen MR) is 79.3 cm³/mol. The number of carbonyl (C=O) groups excluding carboxylic acids is 1. The number of rotatable bonds is 3. The summed E-state index contributed by atoms with van der Waals surface area (Å²) in [5, 5.41) is 0. The molecule has 1 atom stereocenters. The number of carbonyl (C=O) groups is 1. The summed E-state index contributed by atoms with van der Waals surface area (Å²) in [5.74, 6) is 0.913. The molecule has 1 heterocycles. The molecule has 2 N–H and O–H groups in total. The van der Waals surface area contributed by atoms with E-state index in [1.165, 1.54) is 5.56 Å². The van der Waals surface area contributed by atoms with E-state index < -0.39 is 0 Å². The van der Waals surface area contributed by atoms with Crippen LogP contribution in [0, 0.1) is 5.92 Å². The van der Waals surface area contributed by atoms with Crippen LogP contribution in [0.1, 0.15) is 45.6 Å². The molecular formula is C16H24N2O. The molecule has 0 aromatic heterocycles. The molecule has 1 aromatic rings. The molecule has 1 aliphatic rings. The van der Waals surface area contributed by atoms with Crippen LogP contribution in [-0.4, -0.2) is 18.0 Å². The van der Waals surface area contributed by atoms with Gasteiger partial charge in [0.1, 0.15) is 0 Å². The third kappa shape index (κ3) is 2.39. The molecule has 1 saturated heterocycles. The van der Waals surface area contributed by atoms with Gasteiger partial charge in [-0.2, -0.15) is 0 Å². The van der Waals surface area contributed by atoms with Crippen molar-refractivity contribution in [1.82, 2.24) is 0 Å². The van der Waals surface area contributed by atoms with E-state index in [0.29, 0.717) is 18.9 Å². The first-order chi connectivity index (χ1) is 8.87. The van der Waals surface area contributed by atoms with E-state index in [2.05, 4.69) is 39.8 Å². The highest BCUT2D eigenvalue weighted by Crippen LogP contribution is 2.38. The maximum absolute atomic E-state index is 12.2. The van der Waals surface area contributed by atoms with Gasteiger partial charge in [0, 0.05) is 23.6 Å². The van der Waals surface area contributed by atoms with Crippen molar-refractivity contribution < 1.29 is 4.79 Å². The minimum atomic E-state index is -0.203.